The van der Waals surface area contributed by atoms with Crippen LogP contribution in [-0.4, -0.2) is 25.0 Å². The number of fused-ring (bicyclic) bond motifs is 1. The van der Waals surface area contributed by atoms with Crippen LogP contribution >= 0.6 is 0 Å². The molecule has 2 aliphatic heterocycles. The van der Waals surface area contributed by atoms with Crippen LogP contribution in [0.2, 0.25) is 0 Å². The molecule has 1 saturated heterocycles. The van der Waals surface area contributed by atoms with Crippen molar-refractivity contribution >= 4 is 11.6 Å². The first kappa shape index (κ1) is 13.6. The lowest BCUT2D eigenvalue weighted by Gasteiger charge is -2.27. The fraction of sp³-hybridized carbons (Fsp3) is 0.588. The van der Waals surface area contributed by atoms with E-state index in [0.717, 1.165) is 38.0 Å². The molecule has 0 bridgehead atoms. The molecule has 0 aliphatic carbocycles. The molecule has 3 heteroatoms. The normalized spacial score (nSPS) is 23.6. The molecule has 2 heterocycles. The van der Waals surface area contributed by atoms with Crippen molar-refractivity contribution in [3.05, 3.63) is 29.8 Å². The van der Waals surface area contributed by atoms with E-state index >= 15 is 0 Å². The molecule has 1 fully saturated rings. The van der Waals surface area contributed by atoms with Crippen LogP contribution < -0.4 is 10.2 Å². The van der Waals surface area contributed by atoms with Gasteiger partial charge in [-0.05, 0) is 50.3 Å². The minimum Gasteiger partial charge on any atom is -0.311 e. The van der Waals surface area contributed by atoms with Gasteiger partial charge in [0.1, 0.15) is 0 Å². The Labute approximate surface area is 121 Å². The molecule has 2 aliphatic rings. The van der Waals surface area contributed by atoms with Gasteiger partial charge in [0.15, 0.2) is 0 Å². The number of nitrogens with one attached hydrogen (secondary N) is 1. The average Bonchev–Trinajstić information content (AvgIpc) is 2.87. The zero-order valence-corrected chi connectivity index (χ0v) is 12.1. The van der Waals surface area contributed by atoms with Crippen LogP contribution in [0, 0.1) is 0 Å². The number of nitrogens with zero attached hydrogens (tertiary/aromatic N) is 1. The van der Waals surface area contributed by atoms with Crippen LogP contribution in [0.25, 0.3) is 0 Å². The number of aryl methyl sites for hydroxylation is 1. The van der Waals surface area contributed by atoms with Gasteiger partial charge in [-0.3, -0.25) is 4.79 Å². The zero-order valence-electron chi connectivity index (χ0n) is 12.1. The van der Waals surface area contributed by atoms with Crippen molar-refractivity contribution in [1.29, 1.82) is 0 Å². The third-order valence-electron chi connectivity index (χ3n) is 4.48. The minimum absolute atomic E-state index is 0.0173. The predicted molar refractivity (Wildman–Crippen MR) is 82.0 cm³/mol. The van der Waals surface area contributed by atoms with E-state index in [1.165, 1.54) is 31.2 Å². The van der Waals surface area contributed by atoms with Crippen molar-refractivity contribution in [1.82, 2.24) is 5.32 Å². The first-order valence-corrected chi connectivity index (χ1v) is 7.99. The Hall–Kier alpha value is -1.35. The molecule has 0 saturated carbocycles. The molecule has 1 atom stereocenters. The summed E-state index contributed by atoms with van der Waals surface area (Å²) in [4.78, 5) is 14.9. The van der Waals surface area contributed by atoms with Crippen LogP contribution in [-0.2, 0) is 11.2 Å². The lowest BCUT2D eigenvalue weighted by atomic mass is 10.1. The van der Waals surface area contributed by atoms with Crippen molar-refractivity contribution in [3.8, 4) is 0 Å². The highest BCUT2D eigenvalue weighted by atomic mass is 16.2. The second-order valence-corrected chi connectivity index (χ2v) is 5.93. The Morgan fingerprint density at radius 1 is 1.10 bits per heavy atom. The number of hydrogen-bond acceptors (Lipinski definition) is 2. The fourth-order valence-electron chi connectivity index (χ4n) is 3.35. The Morgan fingerprint density at radius 2 is 2.00 bits per heavy atom. The monoisotopic (exact) mass is 272 g/mol. The van der Waals surface area contributed by atoms with Crippen LogP contribution in [0.4, 0.5) is 5.69 Å². The van der Waals surface area contributed by atoms with Gasteiger partial charge in [0, 0.05) is 12.2 Å². The molecule has 108 valence electrons. The molecule has 0 radical (unpaired) electrons. The van der Waals surface area contributed by atoms with Gasteiger partial charge in [0.25, 0.3) is 0 Å². The summed E-state index contributed by atoms with van der Waals surface area (Å²) in [5, 5.41) is 3.44. The lowest BCUT2D eigenvalue weighted by Crippen LogP contribution is -2.46. The molecule has 1 amide bonds. The second kappa shape index (κ2) is 6.40. The Balaban J connectivity index is 1.83. The molecular formula is C17H24N2O. The number of carbonyl (C=O) groups is 1. The summed E-state index contributed by atoms with van der Waals surface area (Å²) >= 11 is 0. The fourth-order valence-corrected chi connectivity index (χ4v) is 3.35. The summed E-state index contributed by atoms with van der Waals surface area (Å²) in [5.41, 5.74) is 2.47. The first-order valence-electron chi connectivity index (χ1n) is 7.99. The topological polar surface area (TPSA) is 32.3 Å². The maximum Gasteiger partial charge on any atom is 0.244 e. The third kappa shape index (κ3) is 2.88. The number of carbonyl (C=O) groups excluding carboxylic acids is 1. The van der Waals surface area contributed by atoms with E-state index in [1.807, 2.05) is 11.0 Å². The SMILES string of the molecule is O=C(C1CCCCCN1)N1CCCCc2ccccc21. The molecular weight excluding hydrogens is 248 g/mol. The van der Waals surface area contributed by atoms with Gasteiger partial charge in [0.05, 0.1) is 6.04 Å². The van der Waals surface area contributed by atoms with Crippen LogP contribution in [0.3, 0.4) is 0 Å². The highest BCUT2D eigenvalue weighted by Gasteiger charge is 2.27. The van der Waals surface area contributed by atoms with E-state index in [1.54, 1.807) is 0 Å². The van der Waals surface area contributed by atoms with Gasteiger partial charge < -0.3 is 10.2 Å². The van der Waals surface area contributed by atoms with Gasteiger partial charge in [-0.25, -0.2) is 0 Å². The molecule has 0 aromatic heterocycles. The van der Waals surface area contributed by atoms with E-state index in [0.29, 0.717) is 0 Å². The number of anilines is 1. The smallest absolute Gasteiger partial charge is 0.244 e. The van der Waals surface area contributed by atoms with E-state index < -0.39 is 0 Å². The van der Waals surface area contributed by atoms with Gasteiger partial charge in [-0.1, -0.05) is 31.0 Å². The van der Waals surface area contributed by atoms with Crippen LogP contribution in [0.5, 0.6) is 0 Å². The molecule has 0 spiro atoms. The van der Waals surface area contributed by atoms with Crippen molar-refractivity contribution in [2.24, 2.45) is 0 Å². The molecule has 1 aromatic rings. The van der Waals surface area contributed by atoms with Gasteiger partial charge in [-0.2, -0.15) is 0 Å². The summed E-state index contributed by atoms with van der Waals surface area (Å²) in [7, 11) is 0. The summed E-state index contributed by atoms with van der Waals surface area (Å²) in [5.74, 6) is 0.279. The molecule has 1 N–H and O–H groups in total. The quantitative estimate of drug-likeness (QED) is 0.852. The Morgan fingerprint density at radius 3 is 2.95 bits per heavy atom. The van der Waals surface area contributed by atoms with Crippen molar-refractivity contribution in [2.75, 3.05) is 18.0 Å². The maximum atomic E-state index is 12.9. The van der Waals surface area contributed by atoms with Gasteiger partial charge >= 0.3 is 0 Å². The van der Waals surface area contributed by atoms with Crippen molar-refractivity contribution < 1.29 is 4.79 Å². The summed E-state index contributed by atoms with van der Waals surface area (Å²) < 4.78 is 0. The number of amides is 1. The van der Waals surface area contributed by atoms with Crippen molar-refractivity contribution in [2.45, 2.75) is 51.0 Å². The molecule has 20 heavy (non-hydrogen) atoms. The number of para-hydroxylation sites is 1. The molecule has 1 aromatic carbocycles. The zero-order chi connectivity index (χ0) is 13.8. The average molecular weight is 272 g/mol. The molecule has 1 unspecified atom stereocenters. The Bertz CT molecular complexity index is 464. The van der Waals surface area contributed by atoms with E-state index in [-0.39, 0.29) is 11.9 Å². The predicted octanol–water partition coefficient (Wildman–Crippen LogP) is 2.89. The maximum absolute atomic E-state index is 12.9. The van der Waals surface area contributed by atoms with Crippen molar-refractivity contribution in [3.63, 3.8) is 0 Å². The van der Waals surface area contributed by atoms with E-state index in [2.05, 4.69) is 23.5 Å². The van der Waals surface area contributed by atoms with E-state index in [4.69, 9.17) is 0 Å². The highest BCUT2D eigenvalue weighted by molar-refractivity contribution is 5.98. The minimum atomic E-state index is 0.0173. The standard InChI is InChI=1S/C17H24N2O/c20-17(15-10-2-1-6-12-18-15)19-13-7-5-9-14-8-3-4-11-16(14)19/h3-4,8,11,15,18H,1-2,5-7,9-10,12-13H2. The highest BCUT2D eigenvalue weighted by Crippen LogP contribution is 2.27. The largest absolute Gasteiger partial charge is 0.311 e. The third-order valence-corrected chi connectivity index (χ3v) is 4.48. The Kier molecular flexibility index (Phi) is 4.36. The number of hydrogen-bond donors (Lipinski definition) is 1. The number of benzene rings is 1. The van der Waals surface area contributed by atoms with E-state index in [9.17, 15) is 4.79 Å². The van der Waals surface area contributed by atoms with Crippen LogP contribution in [0.1, 0.15) is 44.1 Å². The molecule has 3 rings (SSSR count). The molecule has 3 nitrogen and oxygen atoms in total. The summed E-state index contributed by atoms with van der Waals surface area (Å²) in [6.45, 7) is 1.85. The summed E-state index contributed by atoms with van der Waals surface area (Å²) in [6, 6.07) is 8.42. The van der Waals surface area contributed by atoms with Gasteiger partial charge in [0.2, 0.25) is 5.91 Å². The number of rotatable bonds is 1. The second-order valence-electron chi connectivity index (χ2n) is 5.93. The van der Waals surface area contributed by atoms with Crippen LogP contribution in [0.15, 0.2) is 24.3 Å². The first-order chi connectivity index (χ1) is 9.86. The van der Waals surface area contributed by atoms with Gasteiger partial charge in [-0.15, -0.1) is 0 Å². The lowest BCUT2D eigenvalue weighted by molar-refractivity contribution is -0.120. The summed E-state index contributed by atoms with van der Waals surface area (Å²) in [6.07, 6.45) is 7.97.